The molecule has 0 amide bonds. The second-order valence-corrected chi connectivity index (χ2v) is 9.75. The van der Waals surface area contributed by atoms with E-state index in [-0.39, 0.29) is 36.0 Å². The third kappa shape index (κ3) is 3.51. The second-order valence-electron chi connectivity index (χ2n) is 5.67. The summed E-state index contributed by atoms with van der Waals surface area (Å²) in [5, 5.41) is 9.20. The molecular formula is C14H21NO5S2. The molecule has 124 valence electrons. The topological polar surface area (TPSA) is 91.8 Å². The summed E-state index contributed by atoms with van der Waals surface area (Å²) in [4.78, 5) is 0.163. The molecule has 0 saturated carbocycles. The highest BCUT2D eigenvalue weighted by Crippen LogP contribution is 2.27. The Hall–Kier alpha value is -0.960. The van der Waals surface area contributed by atoms with Crippen LogP contribution in [0.2, 0.25) is 0 Å². The van der Waals surface area contributed by atoms with Gasteiger partial charge in [-0.05, 0) is 31.9 Å². The number of nitrogens with zero attached hydrogens (tertiary/aromatic N) is 1. The third-order valence-electron chi connectivity index (χ3n) is 3.85. The third-order valence-corrected chi connectivity index (χ3v) is 7.72. The van der Waals surface area contributed by atoms with Crippen LogP contribution in [0, 0.1) is 13.8 Å². The van der Waals surface area contributed by atoms with Crippen LogP contribution < -0.4 is 0 Å². The molecule has 1 aromatic rings. The smallest absolute Gasteiger partial charge is 0.243 e. The molecule has 8 heteroatoms. The van der Waals surface area contributed by atoms with Gasteiger partial charge in [-0.15, -0.1) is 0 Å². The molecule has 1 atom stereocenters. The average Bonchev–Trinajstić information content (AvgIpc) is 2.75. The monoisotopic (exact) mass is 347 g/mol. The second kappa shape index (κ2) is 6.27. The molecule has 0 radical (unpaired) electrons. The Morgan fingerprint density at radius 1 is 1.32 bits per heavy atom. The maximum atomic E-state index is 12.9. The van der Waals surface area contributed by atoms with E-state index < -0.39 is 25.9 Å². The average molecular weight is 347 g/mol. The van der Waals surface area contributed by atoms with Gasteiger partial charge in [-0.25, -0.2) is 16.8 Å². The molecule has 1 N–H and O–H groups in total. The highest BCUT2D eigenvalue weighted by molar-refractivity contribution is 7.92. The standard InChI is InChI=1S/C14H21NO5S2/c1-11-3-4-14(12(2)9-11)22(19,20)15(6-7-16)13-5-8-21(17,18)10-13/h3-4,9,13,16H,5-8,10H2,1-2H3/t13-/m1/s1. The lowest BCUT2D eigenvalue weighted by atomic mass is 10.2. The predicted molar refractivity (Wildman–Crippen MR) is 84.0 cm³/mol. The number of sulfonamides is 1. The van der Waals surface area contributed by atoms with Crippen LogP contribution in [0.4, 0.5) is 0 Å². The van der Waals surface area contributed by atoms with Gasteiger partial charge in [0.05, 0.1) is 23.0 Å². The molecule has 0 unspecified atom stereocenters. The molecule has 0 spiro atoms. The van der Waals surface area contributed by atoms with E-state index in [4.69, 9.17) is 0 Å². The lowest BCUT2D eigenvalue weighted by Gasteiger charge is -2.27. The first-order valence-electron chi connectivity index (χ1n) is 7.08. The van der Waals surface area contributed by atoms with Gasteiger partial charge in [0.2, 0.25) is 10.0 Å². The van der Waals surface area contributed by atoms with Crippen LogP contribution in [-0.2, 0) is 19.9 Å². The Morgan fingerprint density at radius 3 is 2.50 bits per heavy atom. The van der Waals surface area contributed by atoms with Gasteiger partial charge >= 0.3 is 0 Å². The molecule has 22 heavy (non-hydrogen) atoms. The van der Waals surface area contributed by atoms with Crippen LogP contribution in [0.15, 0.2) is 23.1 Å². The normalized spacial score (nSPS) is 21.4. The van der Waals surface area contributed by atoms with Crippen molar-refractivity contribution >= 4 is 19.9 Å². The highest BCUT2D eigenvalue weighted by Gasteiger charge is 2.38. The molecule has 1 aliphatic heterocycles. The van der Waals surface area contributed by atoms with Crippen molar-refractivity contribution in [3.05, 3.63) is 29.3 Å². The number of hydrogen-bond donors (Lipinski definition) is 1. The summed E-state index contributed by atoms with van der Waals surface area (Å²) >= 11 is 0. The molecule has 1 saturated heterocycles. The number of sulfone groups is 1. The van der Waals surface area contributed by atoms with Gasteiger partial charge < -0.3 is 5.11 Å². The lowest BCUT2D eigenvalue weighted by Crippen LogP contribution is -2.43. The van der Waals surface area contributed by atoms with E-state index in [1.165, 1.54) is 6.07 Å². The fraction of sp³-hybridized carbons (Fsp3) is 0.571. The Labute approximate surface area is 131 Å². The minimum atomic E-state index is -3.84. The maximum Gasteiger partial charge on any atom is 0.243 e. The van der Waals surface area contributed by atoms with Crippen LogP contribution in [0.3, 0.4) is 0 Å². The zero-order valence-corrected chi connectivity index (χ0v) is 14.3. The van der Waals surface area contributed by atoms with E-state index in [2.05, 4.69) is 0 Å². The molecule has 6 nitrogen and oxygen atoms in total. The van der Waals surface area contributed by atoms with Gasteiger partial charge in [0.25, 0.3) is 0 Å². The first kappa shape index (κ1) is 17.4. The van der Waals surface area contributed by atoms with E-state index in [1.807, 2.05) is 6.92 Å². The van der Waals surface area contributed by atoms with Crippen LogP contribution in [0.25, 0.3) is 0 Å². The summed E-state index contributed by atoms with van der Waals surface area (Å²) in [5.41, 5.74) is 1.57. The van der Waals surface area contributed by atoms with Crippen molar-refractivity contribution in [2.24, 2.45) is 0 Å². The van der Waals surface area contributed by atoms with Crippen molar-refractivity contribution in [2.45, 2.75) is 31.2 Å². The highest BCUT2D eigenvalue weighted by atomic mass is 32.2. The molecule has 1 fully saturated rings. The summed E-state index contributed by atoms with van der Waals surface area (Å²) in [5.74, 6) is -0.195. The molecule has 1 aromatic carbocycles. The number of hydrogen-bond acceptors (Lipinski definition) is 5. The number of aryl methyl sites for hydroxylation is 2. The summed E-state index contributed by atoms with van der Waals surface area (Å²) in [6, 6.07) is 4.41. The Morgan fingerprint density at radius 2 is 2.00 bits per heavy atom. The number of aliphatic hydroxyl groups is 1. The summed E-state index contributed by atoms with van der Waals surface area (Å²) in [6.07, 6.45) is 0.270. The molecule has 1 aliphatic rings. The van der Waals surface area contributed by atoms with Crippen LogP contribution >= 0.6 is 0 Å². The van der Waals surface area contributed by atoms with E-state index in [9.17, 15) is 21.9 Å². The van der Waals surface area contributed by atoms with Gasteiger partial charge in [-0.1, -0.05) is 17.7 Å². The van der Waals surface area contributed by atoms with Gasteiger partial charge in [-0.3, -0.25) is 0 Å². The minimum absolute atomic E-state index is 0.0119. The lowest BCUT2D eigenvalue weighted by molar-refractivity contribution is 0.232. The molecule has 0 bridgehead atoms. The van der Waals surface area contributed by atoms with Crippen molar-refractivity contribution in [3.8, 4) is 0 Å². The van der Waals surface area contributed by atoms with Crippen molar-refractivity contribution in [2.75, 3.05) is 24.7 Å². The Bertz CT molecular complexity index is 755. The summed E-state index contributed by atoms with van der Waals surface area (Å²) in [7, 11) is -7.04. The first-order chi connectivity index (χ1) is 10.2. The van der Waals surface area contributed by atoms with Gasteiger partial charge in [0.15, 0.2) is 9.84 Å². The van der Waals surface area contributed by atoms with Gasteiger partial charge in [-0.2, -0.15) is 4.31 Å². The first-order valence-corrected chi connectivity index (χ1v) is 10.3. The van der Waals surface area contributed by atoms with Crippen molar-refractivity contribution in [1.82, 2.24) is 4.31 Å². The van der Waals surface area contributed by atoms with E-state index in [0.29, 0.717) is 5.56 Å². The SMILES string of the molecule is Cc1ccc(S(=O)(=O)N(CCO)[C@@H]2CCS(=O)(=O)C2)c(C)c1. The molecular weight excluding hydrogens is 326 g/mol. The number of aliphatic hydroxyl groups excluding tert-OH is 1. The minimum Gasteiger partial charge on any atom is -0.395 e. The fourth-order valence-corrected chi connectivity index (χ4v) is 6.49. The fourth-order valence-electron chi connectivity index (χ4n) is 2.82. The van der Waals surface area contributed by atoms with Crippen LogP contribution in [0.1, 0.15) is 17.5 Å². The molecule has 0 aromatic heterocycles. The zero-order valence-electron chi connectivity index (χ0n) is 12.7. The quantitative estimate of drug-likeness (QED) is 0.836. The van der Waals surface area contributed by atoms with Crippen LogP contribution in [-0.4, -0.2) is 56.9 Å². The van der Waals surface area contributed by atoms with Gasteiger partial charge in [0.1, 0.15) is 0 Å². The summed E-state index contributed by atoms with van der Waals surface area (Å²) in [6.45, 7) is 3.14. The largest absolute Gasteiger partial charge is 0.395 e. The Balaban J connectivity index is 2.42. The predicted octanol–water partition coefficient (Wildman–Crippen LogP) is 0.474. The maximum absolute atomic E-state index is 12.9. The molecule has 2 rings (SSSR count). The van der Waals surface area contributed by atoms with Crippen molar-refractivity contribution in [3.63, 3.8) is 0 Å². The zero-order chi connectivity index (χ0) is 16.5. The number of rotatable bonds is 5. The Kier molecular flexibility index (Phi) is 4.96. The molecule has 1 heterocycles. The summed E-state index contributed by atoms with van der Waals surface area (Å²) < 4.78 is 50.2. The van der Waals surface area contributed by atoms with E-state index in [1.54, 1.807) is 19.1 Å². The van der Waals surface area contributed by atoms with Crippen molar-refractivity contribution < 1.29 is 21.9 Å². The van der Waals surface area contributed by atoms with Crippen LogP contribution in [0.5, 0.6) is 0 Å². The molecule has 0 aliphatic carbocycles. The van der Waals surface area contributed by atoms with Gasteiger partial charge in [0, 0.05) is 12.6 Å². The van der Waals surface area contributed by atoms with E-state index >= 15 is 0 Å². The number of benzene rings is 1. The van der Waals surface area contributed by atoms with Crippen molar-refractivity contribution in [1.29, 1.82) is 0 Å². The van der Waals surface area contributed by atoms with E-state index in [0.717, 1.165) is 9.87 Å².